The molecule has 0 aliphatic carbocycles. The lowest BCUT2D eigenvalue weighted by molar-refractivity contribution is 0.158. The van der Waals surface area contributed by atoms with E-state index in [4.69, 9.17) is 5.73 Å². The Morgan fingerprint density at radius 2 is 1.82 bits per heavy atom. The number of hydrogen-bond acceptors (Lipinski definition) is 2. The summed E-state index contributed by atoms with van der Waals surface area (Å²) in [5, 5.41) is 0. The van der Waals surface area contributed by atoms with Crippen LogP contribution in [0, 0.1) is 17.5 Å². The van der Waals surface area contributed by atoms with Crippen LogP contribution in [0.5, 0.6) is 0 Å². The number of halogens is 3. The van der Waals surface area contributed by atoms with Gasteiger partial charge in [0.05, 0.1) is 6.04 Å². The number of piperidine rings is 1. The van der Waals surface area contributed by atoms with Gasteiger partial charge in [-0.2, -0.15) is 0 Å². The largest absolute Gasteiger partial charge is 0.326 e. The van der Waals surface area contributed by atoms with Gasteiger partial charge in [-0.05, 0) is 32.5 Å². The van der Waals surface area contributed by atoms with Gasteiger partial charge in [0.1, 0.15) is 5.82 Å². The second-order valence-electron chi connectivity index (χ2n) is 4.52. The second kappa shape index (κ2) is 4.66. The molecule has 2 unspecified atom stereocenters. The highest BCUT2D eigenvalue weighted by atomic mass is 19.2. The molecule has 2 rings (SSSR count). The van der Waals surface area contributed by atoms with E-state index < -0.39 is 17.5 Å². The summed E-state index contributed by atoms with van der Waals surface area (Å²) in [7, 11) is 1.81. The summed E-state index contributed by atoms with van der Waals surface area (Å²) in [6.07, 6.45) is 1.69. The first-order valence-corrected chi connectivity index (χ1v) is 5.61. The molecule has 1 aliphatic rings. The normalized spacial score (nSPS) is 26.2. The first kappa shape index (κ1) is 12.4. The highest BCUT2D eigenvalue weighted by Crippen LogP contribution is 2.31. The Morgan fingerprint density at radius 3 is 2.47 bits per heavy atom. The molecular weight excluding hydrogens is 229 g/mol. The van der Waals surface area contributed by atoms with Crippen molar-refractivity contribution < 1.29 is 13.2 Å². The van der Waals surface area contributed by atoms with E-state index in [1.807, 2.05) is 11.9 Å². The van der Waals surface area contributed by atoms with Crippen molar-refractivity contribution in [1.29, 1.82) is 0 Å². The van der Waals surface area contributed by atoms with Gasteiger partial charge in [0.25, 0.3) is 0 Å². The van der Waals surface area contributed by atoms with E-state index in [1.54, 1.807) is 0 Å². The smallest absolute Gasteiger partial charge is 0.161 e. The minimum absolute atomic E-state index is 0.138. The van der Waals surface area contributed by atoms with E-state index in [2.05, 4.69) is 0 Å². The lowest BCUT2D eigenvalue weighted by Gasteiger charge is -2.37. The van der Waals surface area contributed by atoms with Crippen LogP contribution in [0.4, 0.5) is 13.2 Å². The van der Waals surface area contributed by atoms with Crippen molar-refractivity contribution in [3.63, 3.8) is 0 Å². The molecule has 0 bridgehead atoms. The van der Waals surface area contributed by atoms with Crippen molar-refractivity contribution >= 4 is 0 Å². The van der Waals surface area contributed by atoms with Crippen LogP contribution in [0.3, 0.4) is 0 Å². The molecule has 0 aromatic heterocycles. The number of nitrogens with zero attached hydrogens (tertiary/aromatic N) is 1. The Bertz CT molecular complexity index is 412. The summed E-state index contributed by atoms with van der Waals surface area (Å²) >= 11 is 0. The van der Waals surface area contributed by atoms with Gasteiger partial charge in [-0.3, -0.25) is 4.90 Å². The first-order valence-electron chi connectivity index (χ1n) is 5.61. The van der Waals surface area contributed by atoms with E-state index in [1.165, 1.54) is 0 Å². The predicted molar refractivity (Wildman–Crippen MR) is 58.9 cm³/mol. The Balaban J connectivity index is 2.41. The van der Waals surface area contributed by atoms with E-state index in [0.29, 0.717) is 6.07 Å². The van der Waals surface area contributed by atoms with Crippen molar-refractivity contribution in [2.75, 3.05) is 13.6 Å². The maximum absolute atomic E-state index is 13.7. The van der Waals surface area contributed by atoms with Gasteiger partial charge < -0.3 is 5.73 Å². The van der Waals surface area contributed by atoms with Gasteiger partial charge >= 0.3 is 0 Å². The lowest BCUT2D eigenvalue weighted by atomic mass is 9.91. The Kier molecular flexibility index (Phi) is 3.40. The molecule has 0 amide bonds. The second-order valence-corrected chi connectivity index (χ2v) is 4.52. The summed E-state index contributed by atoms with van der Waals surface area (Å²) in [6, 6.07) is 0.851. The molecule has 1 saturated heterocycles. The topological polar surface area (TPSA) is 29.3 Å². The van der Waals surface area contributed by atoms with Crippen LogP contribution in [0.1, 0.15) is 24.4 Å². The van der Waals surface area contributed by atoms with Crippen LogP contribution in [0.2, 0.25) is 0 Å². The minimum Gasteiger partial charge on any atom is -0.326 e. The highest BCUT2D eigenvalue weighted by Gasteiger charge is 2.30. The fraction of sp³-hybridized carbons (Fsp3) is 0.500. The Labute approximate surface area is 98.2 Å². The van der Waals surface area contributed by atoms with Gasteiger partial charge in [-0.1, -0.05) is 0 Å². The monoisotopic (exact) mass is 244 g/mol. The molecule has 5 heteroatoms. The maximum Gasteiger partial charge on any atom is 0.161 e. The number of rotatable bonds is 1. The van der Waals surface area contributed by atoms with Crippen LogP contribution in [-0.4, -0.2) is 24.5 Å². The third-order valence-corrected chi connectivity index (χ3v) is 3.29. The van der Waals surface area contributed by atoms with Crippen LogP contribution in [0.25, 0.3) is 0 Å². The van der Waals surface area contributed by atoms with Gasteiger partial charge in [0.15, 0.2) is 11.6 Å². The number of likely N-dealkylation sites (N-methyl/N-ethyl adjacent to an activating group) is 1. The molecule has 1 fully saturated rings. The minimum atomic E-state index is -1.17. The molecule has 0 spiro atoms. The molecule has 1 heterocycles. The molecule has 2 atom stereocenters. The first-order chi connectivity index (χ1) is 8.00. The molecule has 0 saturated carbocycles. The van der Waals surface area contributed by atoms with Crippen LogP contribution >= 0.6 is 0 Å². The summed E-state index contributed by atoms with van der Waals surface area (Å²) in [6.45, 7) is 0.775. The zero-order chi connectivity index (χ0) is 12.6. The highest BCUT2D eigenvalue weighted by molar-refractivity contribution is 5.25. The quantitative estimate of drug-likeness (QED) is 0.767. The third-order valence-electron chi connectivity index (χ3n) is 3.29. The Hall–Kier alpha value is -1.07. The maximum atomic E-state index is 13.7. The van der Waals surface area contributed by atoms with Crippen LogP contribution < -0.4 is 5.73 Å². The molecule has 17 heavy (non-hydrogen) atoms. The molecule has 1 aromatic carbocycles. The molecular formula is C12H15F3N2. The molecule has 94 valence electrons. The fourth-order valence-corrected chi connectivity index (χ4v) is 2.43. The van der Waals surface area contributed by atoms with Gasteiger partial charge in [0, 0.05) is 17.7 Å². The summed E-state index contributed by atoms with van der Waals surface area (Å²) in [4.78, 5) is 1.88. The molecule has 1 aliphatic heterocycles. The predicted octanol–water partition coefficient (Wildman–Crippen LogP) is 2.20. The standard InChI is InChI=1S/C12H15F3N2/c1-17-4-2-3-11(16)12(17)7-5-9(14)10(15)6-8(7)13/h5-6,11-12H,2-4,16H2,1H3. The number of benzene rings is 1. The van der Waals surface area contributed by atoms with Gasteiger partial charge in [-0.15, -0.1) is 0 Å². The van der Waals surface area contributed by atoms with E-state index in [9.17, 15) is 13.2 Å². The molecule has 1 aromatic rings. The lowest BCUT2D eigenvalue weighted by Crippen LogP contribution is -2.44. The molecule has 0 radical (unpaired) electrons. The third kappa shape index (κ3) is 2.30. The summed E-state index contributed by atoms with van der Waals surface area (Å²) in [5.74, 6) is -2.94. The molecule has 2 N–H and O–H groups in total. The number of hydrogen-bond donors (Lipinski definition) is 1. The number of likely N-dealkylation sites (tertiary alicyclic amines) is 1. The van der Waals surface area contributed by atoms with Crippen molar-refractivity contribution in [2.24, 2.45) is 5.73 Å². The Morgan fingerprint density at radius 1 is 1.18 bits per heavy atom. The average Bonchev–Trinajstić information content (AvgIpc) is 2.25. The van der Waals surface area contributed by atoms with Crippen LogP contribution in [-0.2, 0) is 0 Å². The van der Waals surface area contributed by atoms with E-state index in [0.717, 1.165) is 25.5 Å². The van der Waals surface area contributed by atoms with Crippen molar-refractivity contribution in [1.82, 2.24) is 4.90 Å². The summed E-state index contributed by atoms with van der Waals surface area (Å²) in [5.41, 5.74) is 6.07. The van der Waals surface area contributed by atoms with Gasteiger partial charge in [-0.25, -0.2) is 13.2 Å². The van der Waals surface area contributed by atoms with Crippen molar-refractivity contribution in [3.05, 3.63) is 35.1 Å². The molecule has 2 nitrogen and oxygen atoms in total. The van der Waals surface area contributed by atoms with Gasteiger partial charge in [0.2, 0.25) is 0 Å². The number of nitrogens with two attached hydrogens (primary N) is 1. The van der Waals surface area contributed by atoms with E-state index >= 15 is 0 Å². The van der Waals surface area contributed by atoms with Crippen molar-refractivity contribution in [2.45, 2.75) is 24.9 Å². The van der Waals surface area contributed by atoms with Crippen LogP contribution in [0.15, 0.2) is 12.1 Å². The zero-order valence-electron chi connectivity index (χ0n) is 9.59. The average molecular weight is 244 g/mol. The summed E-state index contributed by atoms with van der Waals surface area (Å²) < 4.78 is 39.7. The van der Waals surface area contributed by atoms with E-state index in [-0.39, 0.29) is 17.6 Å². The fourth-order valence-electron chi connectivity index (χ4n) is 2.43. The van der Waals surface area contributed by atoms with Crippen molar-refractivity contribution in [3.8, 4) is 0 Å². The zero-order valence-corrected chi connectivity index (χ0v) is 9.59. The SMILES string of the molecule is CN1CCCC(N)C1c1cc(F)c(F)cc1F.